The van der Waals surface area contributed by atoms with Crippen LogP contribution in [0.5, 0.6) is 0 Å². The first-order valence-electron chi connectivity index (χ1n) is 11.9. The van der Waals surface area contributed by atoms with E-state index in [1.54, 1.807) is 25.1 Å². The predicted molar refractivity (Wildman–Crippen MR) is 145 cm³/mol. The quantitative estimate of drug-likeness (QED) is 0.375. The summed E-state index contributed by atoms with van der Waals surface area (Å²) in [6, 6.07) is 7.96. The van der Waals surface area contributed by atoms with Crippen LogP contribution < -0.4 is 10.6 Å². The first-order chi connectivity index (χ1) is 16.1. The van der Waals surface area contributed by atoms with Crippen molar-refractivity contribution in [2.45, 2.75) is 76.8 Å². The van der Waals surface area contributed by atoms with E-state index in [2.05, 4.69) is 10.6 Å². The summed E-state index contributed by atoms with van der Waals surface area (Å²) in [5, 5.41) is 15.5. The van der Waals surface area contributed by atoms with E-state index in [0.717, 1.165) is 5.56 Å². The van der Waals surface area contributed by atoms with E-state index in [1.165, 1.54) is 18.7 Å². The van der Waals surface area contributed by atoms with E-state index >= 15 is 0 Å². The van der Waals surface area contributed by atoms with Gasteiger partial charge in [-0.15, -0.1) is 0 Å². The maximum Gasteiger partial charge on any atom is 0.331 e. The highest BCUT2D eigenvalue weighted by Crippen LogP contribution is 2.30. The molecule has 0 spiro atoms. The fourth-order valence-corrected chi connectivity index (χ4v) is 4.56. The lowest BCUT2D eigenvalue weighted by Gasteiger charge is -2.40. The second kappa shape index (κ2) is 12.6. The molecule has 0 heterocycles. The highest BCUT2D eigenvalue weighted by atomic mass is 32.2. The van der Waals surface area contributed by atoms with E-state index in [4.69, 9.17) is 0 Å². The maximum atomic E-state index is 13.8. The standard InChI is InChI=1S/C27H43N3O4S/c1-17(2)20(16-18(3)25(33)34)30(9)24(32)22(27(6,7)35-10)29-23(31)21(28-8)26(4,5)19-14-12-11-13-15-19/h11-17,20-22,28H,1-10H3,(H,29,31)(H,33,34)/t20-,21-,22-/m1/s1. The molecule has 0 aliphatic rings. The van der Waals surface area contributed by atoms with Crippen LogP contribution in [-0.2, 0) is 19.8 Å². The Bertz CT molecular complexity index is 912. The average Bonchev–Trinajstić information content (AvgIpc) is 2.80. The predicted octanol–water partition coefficient (Wildman–Crippen LogP) is 3.69. The smallest absolute Gasteiger partial charge is 0.331 e. The third-order valence-electron chi connectivity index (χ3n) is 6.78. The van der Waals surface area contributed by atoms with Crippen molar-refractivity contribution in [2.75, 3.05) is 20.4 Å². The molecule has 0 bridgehead atoms. The number of carboxylic acids is 1. The van der Waals surface area contributed by atoms with Crippen LogP contribution in [0, 0.1) is 5.92 Å². The molecule has 0 unspecified atom stereocenters. The summed E-state index contributed by atoms with van der Waals surface area (Å²) in [4.78, 5) is 40.4. The number of likely N-dealkylation sites (N-methyl/N-ethyl adjacent to an activating group) is 2. The summed E-state index contributed by atoms with van der Waals surface area (Å²) < 4.78 is -0.608. The molecule has 0 saturated carbocycles. The summed E-state index contributed by atoms with van der Waals surface area (Å²) >= 11 is 1.49. The van der Waals surface area contributed by atoms with Gasteiger partial charge in [-0.2, -0.15) is 11.8 Å². The molecule has 1 aromatic rings. The Hall–Kier alpha value is -2.32. The van der Waals surface area contributed by atoms with E-state index in [-0.39, 0.29) is 23.3 Å². The van der Waals surface area contributed by atoms with Crippen molar-refractivity contribution in [3.8, 4) is 0 Å². The number of rotatable bonds is 12. The normalized spacial score (nSPS) is 15.3. The third-order valence-corrected chi connectivity index (χ3v) is 8.07. The molecule has 0 radical (unpaired) electrons. The Morgan fingerprint density at radius 2 is 1.60 bits per heavy atom. The fraction of sp³-hybridized carbons (Fsp3) is 0.593. The number of nitrogens with zero attached hydrogens (tertiary/aromatic N) is 1. The number of amides is 2. The van der Waals surface area contributed by atoms with Crippen molar-refractivity contribution >= 4 is 29.5 Å². The second-order valence-corrected chi connectivity index (χ2v) is 11.9. The number of hydrogen-bond acceptors (Lipinski definition) is 5. The lowest BCUT2D eigenvalue weighted by atomic mass is 9.77. The molecule has 7 nitrogen and oxygen atoms in total. The molecule has 1 rings (SSSR count). The van der Waals surface area contributed by atoms with Gasteiger partial charge in [0, 0.05) is 22.8 Å². The van der Waals surface area contributed by atoms with Crippen LogP contribution in [0.1, 0.15) is 54.0 Å². The topological polar surface area (TPSA) is 98.7 Å². The molecule has 8 heteroatoms. The van der Waals surface area contributed by atoms with Gasteiger partial charge in [0.05, 0.1) is 12.1 Å². The molecule has 3 atom stereocenters. The monoisotopic (exact) mass is 505 g/mol. The third kappa shape index (κ3) is 7.58. The van der Waals surface area contributed by atoms with Crippen molar-refractivity contribution in [3.63, 3.8) is 0 Å². The van der Waals surface area contributed by atoms with Crippen LogP contribution in [0.15, 0.2) is 42.0 Å². The highest BCUT2D eigenvalue weighted by molar-refractivity contribution is 8.00. The molecule has 0 aliphatic heterocycles. The zero-order valence-corrected chi connectivity index (χ0v) is 23.6. The van der Waals surface area contributed by atoms with Gasteiger partial charge in [0.25, 0.3) is 0 Å². The number of carbonyl (C=O) groups excluding carboxylic acids is 2. The first-order valence-corrected chi connectivity index (χ1v) is 13.1. The SMILES string of the molecule is CN[C@H](C(=O)N[C@H](C(=O)N(C)[C@H](C=C(C)C(=O)O)C(C)C)C(C)(C)SC)C(C)(C)c1ccccc1. The number of thioether (sulfide) groups is 1. The summed E-state index contributed by atoms with van der Waals surface area (Å²) in [7, 11) is 3.41. The minimum atomic E-state index is -1.02. The number of hydrogen-bond donors (Lipinski definition) is 3. The van der Waals surface area contributed by atoms with Gasteiger partial charge in [-0.05, 0) is 45.6 Å². The zero-order chi connectivity index (χ0) is 27.1. The summed E-state index contributed by atoms with van der Waals surface area (Å²) in [6.07, 6.45) is 3.51. The van der Waals surface area contributed by atoms with Crippen molar-refractivity contribution in [2.24, 2.45) is 5.92 Å². The van der Waals surface area contributed by atoms with Crippen LogP contribution >= 0.6 is 11.8 Å². The van der Waals surface area contributed by atoms with Crippen LogP contribution in [0.4, 0.5) is 0 Å². The van der Waals surface area contributed by atoms with E-state index in [0.29, 0.717) is 0 Å². The number of carboxylic acid groups (broad SMARTS) is 1. The molecule has 0 fully saturated rings. The Balaban J connectivity index is 3.36. The fourth-order valence-electron chi connectivity index (χ4n) is 4.16. The van der Waals surface area contributed by atoms with Crippen LogP contribution in [0.25, 0.3) is 0 Å². The Morgan fingerprint density at radius 1 is 1.06 bits per heavy atom. The zero-order valence-electron chi connectivity index (χ0n) is 22.8. The van der Waals surface area contributed by atoms with Gasteiger partial charge >= 0.3 is 5.97 Å². The summed E-state index contributed by atoms with van der Waals surface area (Å²) in [5.41, 5.74) is 0.644. The van der Waals surface area contributed by atoms with Gasteiger partial charge < -0.3 is 20.6 Å². The minimum absolute atomic E-state index is 0.0194. The van der Waals surface area contributed by atoms with Gasteiger partial charge in [0.2, 0.25) is 11.8 Å². The van der Waals surface area contributed by atoms with E-state index in [1.807, 2.05) is 78.1 Å². The molecule has 196 valence electrons. The maximum absolute atomic E-state index is 13.8. The number of carbonyl (C=O) groups is 3. The number of benzene rings is 1. The van der Waals surface area contributed by atoms with Crippen LogP contribution in [0.2, 0.25) is 0 Å². The molecule has 0 saturated heterocycles. The largest absolute Gasteiger partial charge is 0.478 e. The van der Waals surface area contributed by atoms with Gasteiger partial charge in [0.1, 0.15) is 6.04 Å². The summed E-state index contributed by atoms with van der Waals surface area (Å²) in [6.45, 7) is 13.2. The Morgan fingerprint density at radius 3 is 2.03 bits per heavy atom. The molecular weight excluding hydrogens is 462 g/mol. The minimum Gasteiger partial charge on any atom is -0.478 e. The van der Waals surface area contributed by atoms with Crippen molar-refractivity contribution in [1.29, 1.82) is 0 Å². The Labute approximate surface area is 215 Å². The molecule has 2 amide bonds. The van der Waals surface area contributed by atoms with Crippen LogP contribution in [0.3, 0.4) is 0 Å². The van der Waals surface area contributed by atoms with Gasteiger partial charge in [-0.1, -0.05) is 64.1 Å². The summed E-state index contributed by atoms with van der Waals surface area (Å²) in [5.74, 6) is -1.58. The van der Waals surface area contributed by atoms with Gasteiger partial charge in [-0.3, -0.25) is 9.59 Å². The van der Waals surface area contributed by atoms with E-state index < -0.39 is 34.3 Å². The molecule has 1 aromatic carbocycles. The number of aliphatic carboxylic acids is 1. The van der Waals surface area contributed by atoms with Gasteiger partial charge in [0.15, 0.2) is 0 Å². The van der Waals surface area contributed by atoms with Crippen molar-refractivity contribution < 1.29 is 19.5 Å². The van der Waals surface area contributed by atoms with Crippen LogP contribution in [-0.4, -0.2) is 71.0 Å². The second-order valence-electron chi connectivity index (χ2n) is 10.4. The molecular formula is C27H43N3O4S. The van der Waals surface area contributed by atoms with Crippen molar-refractivity contribution in [3.05, 3.63) is 47.5 Å². The van der Waals surface area contributed by atoms with Crippen molar-refractivity contribution in [1.82, 2.24) is 15.5 Å². The lowest BCUT2D eigenvalue weighted by Crippen LogP contribution is -2.63. The molecule has 35 heavy (non-hydrogen) atoms. The molecule has 0 aliphatic carbocycles. The Kier molecular flexibility index (Phi) is 11.0. The van der Waals surface area contributed by atoms with E-state index in [9.17, 15) is 19.5 Å². The average molecular weight is 506 g/mol. The molecule has 0 aromatic heterocycles. The first kappa shape index (κ1) is 30.7. The lowest BCUT2D eigenvalue weighted by molar-refractivity contribution is -0.138. The molecule has 3 N–H and O–H groups in total. The number of nitrogens with one attached hydrogen (secondary N) is 2. The van der Waals surface area contributed by atoms with Gasteiger partial charge in [-0.25, -0.2) is 4.79 Å². The highest BCUT2D eigenvalue weighted by Gasteiger charge is 2.43.